The maximum absolute atomic E-state index is 13.3. The molecule has 0 bridgehead atoms. The van der Waals surface area contributed by atoms with Crippen molar-refractivity contribution in [1.82, 2.24) is 14.5 Å². The highest BCUT2D eigenvalue weighted by molar-refractivity contribution is 5.91. The summed E-state index contributed by atoms with van der Waals surface area (Å²) in [6, 6.07) is 14.7. The summed E-state index contributed by atoms with van der Waals surface area (Å²) in [6.07, 6.45) is 7.99. The second-order valence-electron chi connectivity index (χ2n) is 9.80. The van der Waals surface area contributed by atoms with Gasteiger partial charge in [0.25, 0.3) is 5.56 Å². The van der Waals surface area contributed by atoms with Crippen LogP contribution < -0.4 is 21.9 Å². The highest BCUT2D eigenvalue weighted by atomic mass is 16.2. The van der Waals surface area contributed by atoms with E-state index in [2.05, 4.69) is 17.6 Å². The Balaban J connectivity index is 1.44. The van der Waals surface area contributed by atoms with Crippen molar-refractivity contribution in [2.24, 2.45) is 0 Å². The number of hydrogen-bond donors (Lipinski definition) is 2. The monoisotopic (exact) mass is 504 g/mol. The Morgan fingerprint density at radius 2 is 1.62 bits per heavy atom. The first-order valence-electron chi connectivity index (χ1n) is 13.4. The van der Waals surface area contributed by atoms with Gasteiger partial charge >= 0.3 is 5.69 Å². The number of para-hydroxylation sites is 1. The molecule has 1 aliphatic rings. The lowest BCUT2D eigenvalue weighted by molar-refractivity contribution is -0.122. The molecule has 4 rings (SSSR count). The van der Waals surface area contributed by atoms with Crippen molar-refractivity contribution in [3.63, 3.8) is 0 Å². The molecule has 0 radical (unpaired) electrons. The van der Waals surface area contributed by atoms with Gasteiger partial charge < -0.3 is 10.6 Å². The molecule has 0 unspecified atom stereocenters. The van der Waals surface area contributed by atoms with E-state index in [0.717, 1.165) is 32.1 Å². The largest absolute Gasteiger partial charge is 0.353 e. The summed E-state index contributed by atoms with van der Waals surface area (Å²) < 4.78 is 2.53. The molecule has 8 nitrogen and oxygen atoms in total. The molecule has 0 atom stereocenters. The van der Waals surface area contributed by atoms with E-state index in [-0.39, 0.29) is 36.5 Å². The van der Waals surface area contributed by atoms with Crippen LogP contribution in [-0.4, -0.2) is 27.0 Å². The van der Waals surface area contributed by atoms with E-state index < -0.39 is 5.69 Å². The number of carbonyl (C=O) groups is 2. The quantitative estimate of drug-likeness (QED) is 0.408. The molecule has 8 heteroatoms. The minimum absolute atomic E-state index is 0.0267. The van der Waals surface area contributed by atoms with E-state index in [4.69, 9.17) is 0 Å². The number of rotatable bonds is 10. The van der Waals surface area contributed by atoms with Crippen LogP contribution in [0.4, 0.5) is 5.69 Å². The Kier molecular flexibility index (Phi) is 8.93. The molecule has 0 aliphatic heterocycles. The maximum atomic E-state index is 13.3. The van der Waals surface area contributed by atoms with E-state index in [9.17, 15) is 19.2 Å². The maximum Gasteiger partial charge on any atom is 0.331 e. The summed E-state index contributed by atoms with van der Waals surface area (Å²) in [5, 5.41) is 6.33. The summed E-state index contributed by atoms with van der Waals surface area (Å²) in [6.45, 7) is 2.05. The smallest absolute Gasteiger partial charge is 0.331 e. The van der Waals surface area contributed by atoms with Crippen LogP contribution >= 0.6 is 0 Å². The highest BCUT2D eigenvalue weighted by Gasteiger charge is 2.17. The molecule has 1 heterocycles. The topological polar surface area (TPSA) is 102 Å². The van der Waals surface area contributed by atoms with Gasteiger partial charge in [0.15, 0.2) is 0 Å². The van der Waals surface area contributed by atoms with Crippen molar-refractivity contribution in [3.05, 3.63) is 74.9 Å². The molecular weight excluding hydrogens is 468 g/mol. The van der Waals surface area contributed by atoms with Crippen LogP contribution in [0.3, 0.4) is 0 Å². The Morgan fingerprint density at radius 3 is 2.35 bits per heavy atom. The second kappa shape index (κ2) is 12.5. The molecule has 2 aromatic carbocycles. The number of benzene rings is 2. The van der Waals surface area contributed by atoms with E-state index >= 15 is 0 Å². The third kappa shape index (κ3) is 6.76. The fourth-order valence-electron chi connectivity index (χ4n) is 4.99. The summed E-state index contributed by atoms with van der Waals surface area (Å²) >= 11 is 0. The van der Waals surface area contributed by atoms with Crippen LogP contribution in [0.1, 0.15) is 63.9 Å². The molecule has 196 valence electrons. The first-order valence-corrected chi connectivity index (χ1v) is 13.4. The number of aryl methyl sites for hydroxylation is 1. The predicted octanol–water partition coefficient (Wildman–Crippen LogP) is 3.98. The van der Waals surface area contributed by atoms with E-state index in [1.807, 2.05) is 24.3 Å². The Hall–Kier alpha value is -3.68. The van der Waals surface area contributed by atoms with E-state index in [1.54, 1.807) is 24.3 Å². The Morgan fingerprint density at radius 1 is 0.892 bits per heavy atom. The fourth-order valence-corrected chi connectivity index (χ4v) is 4.99. The lowest BCUT2D eigenvalue weighted by atomic mass is 9.95. The normalized spacial score (nSPS) is 14.0. The Bertz CT molecular complexity index is 1350. The molecule has 0 saturated heterocycles. The SMILES string of the molecule is CCc1ccc(NC(=O)Cn2c(=O)n(CCCCC(=O)NC3CCCCC3)c(=O)c3ccccc32)cc1. The van der Waals surface area contributed by atoms with Gasteiger partial charge in [0.05, 0.1) is 10.9 Å². The third-order valence-electron chi connectivity index (χ3n) is 7.09. The van der Waals surface area contributed by atoms with Gasteiger partial charge in [-0.25, -0.2) is 4.79 Å². The molecule has 1 fully saturated rings. The van der Waals surface area contributed by atoms with Crippen LogP contribution in [0.5, 0.6) is 0 Å². The fraction of sp³-hybridized carbons (Fsp3) is 0.448. The molecule has 1 aliphatic carbocycles. The molecule has 1 saturated carbocycles. The van der Waals surface area contributed by atoms with Gasteiger partial charge in [-0.1, -0.05) is 50.5 Å². The van der Waals surface area contributed by atoms with Crippen molar-refractivity contribution < 1.29 is 9.59 Å². The van der Waals surface area contributed by atoms with Gasteiger partial charge in [-0.3, -0.25) is 23.5 Å². The van der Waals surface area contributed by atoms with Gasteiger partial charge in [-0.15, -0.1) is 0 Å². The van der Waals surface area contributed by atoms with Gasteiger partial charge in [0.2, 0.25) is 11.8 Å². The third-order valence-corrected chi connectivity index (χ3v) is 7.09. The minimum atomic E-state index is -0.521. The molecule has 37 heavy (non-hydrogen) atoms. The zero-order valence-corrected chi connectivity index (χ0v) is 21.5. The second-order valence-corrected chi connectivity index (χ2v) is 9.80. The lowest BCUT2D eigenvalue weighted by Gasteiger charge is -2.22. The summed E-state index contributed by atoms with van der Waals surface area (Å²) in [5.41, 5.74) is 1.35. The van der Waals surface area contributed by atoms with Crippen molar-refractivity contribution in [3.8, 4) is 0 Å². The van der Waals surface area contributed by atoms with E-state index in [1.165, 1.54) is 21.1 Å². The molecule has 0 spiro atoms. The van der Waals surface area contributed by atoms with Gasteiger partial charge in [-0.2, -0.15) is 0 Å². The molecular formula is C29H36N4O4. The minimum Gasteiger partial charge on any atom is -0.353 e. The number of anilines is 1. The molecule has 1 aromatic heterocycles. The van der Waals surface area contributed by atoms with Gasteiger partial charge in [-0.05, 0) is 61.9 Å². The standard InChI is InChI=1S/C29H36N4O4/c1-2-21-15-17-23(18-16-21)31-27(35)20-33-25-13-7-6-12-24(25)28(36)32(29(33)37)19-9-8-14-26(34)30-22-10-4-3-5-11-22/h6-7,12-13,15-18,22H,2-5,8-11,14,19-20H2,1H3,(H,30,34)(H,31,35). The summed E-state index contributed by atoms with van der Waals surface area (Å²) in [5.74, 6) is -0.320. The highest BCUT2D eigenvalue weighted by Crippen LogP contribution is 2.17. The van der Waals surface area contributed by atoms with Crippen LogP contribution in [0.2, 0.25) is 0 Å². The van der Waals surface area contributed by atoms with Crippen molar-refractivity contribution in [2.75, 3.05) is 5.32 Å². The number of nitrogens with zero attached hydrogens (tertiary/aromatic N) is 2. The zero-order chi connectivity index (χ0) is 26.2. The number of aromatic nitrogens is 2. The number of hydrogen-bond acceptors (Lipinski definition) is 4. The number of unbranched alkanes of at least 4 members (excludes halogenated alkanes) is 1. The number of amides is 2. The molecule has 2 N–H and O–H groups in total. The first kappa shape index (κ1) is 26.4. The van der Waals surface area contributed by atoms with Crippen LogP contribution in [-0.2, 0) is 29.1 Å². The number of fused-ring (bicyclic) bond motifs is 1. The molecule has 3 aromatic rings. The predicted molar refractivity (Wildman–Crippen MR) is 146 cm³/mol. The van der Waals surface area contributed by atoms with Crippen molar-refractivity contribution >= 4 is 28.4 Å². The van der Waals surface area contributed by atoms with E-state index in [0.29, 0.717) is 35.9 Å². The lowest BCUT2D eigenvalue weighted by Crippen LogP contribution is -2.41. The summed E-state index contributed by atoms with van der Waals surface area (Å²) in [4.78, 5) is 51.6. The van der Waals surface area contributed by atoms with Crippen LogP contribution in [0, 0.1) is 0 Å². The average Bonchev–Trinajstić information content (AvgIpc) is 2.91. The Labute approximate surface area is 216 Å². The van der Waals surface area contributed by atoms with Crippen LogP contribution in [0.25, 0.3) is 10.9 Å². The number of nitrogens with one attached hydrogen (secondary N) is 2. The summed E-state index contributed by atoms with van der Waals surface area (Å²) in [7, 11) is 0. The van der Waals surface area contributed by atoms with Crippen molar-refractivity contribution in [1.29, 1.82) is 0 Å². The average molecular weight is 505 g/mol. The van der Waals surface area contributed by atoms with Gasteiger partial charge in [0, 0.05) is 24.7 Å². The molecule has 2 amide bonds. The van der Waals surface area contributed by atoms with Crippen molar-refractivity contribution in [2.45, 2.75) is 83.8 Å². The van der Waals surface area contributed by atoms with Gasteiger partial charge in [0.1, 0.15) is 6.54 Å². The van der Waals surface area contributed by atoms with Crippen LogP contribution in [0.15, 0.2) is 58.1 Å². The number of carbonyl (C=O) groups excluding carboxylic acids is 2. The zero-order valence-electron chi connectivity index (χ0n) is 21.5. The first-order chi connectivity index (χ1) is 18.0.